The second kappa shape index (κ2) is 7.70. The Morgan fingerprint density at radius 1 is 1.26 bits per heavy atom. The Hall–Kier alpha value is -3.39. The maximum atomic E-state index is 14.5. The van der Waals surface area contributed by atoms with Crippen molar-refractivity contribution in [2.75, 3.05) is 19.0 Å². The van der Waals surface area contributed by atoms with Crippen LogP contribution in [0.25, 0.3) is 16.8 Å². The third-order valence-corrected chi connectivity index (χ3v) is 5.62. The van der Waals surface area contributed by atoms with Crippen LogP contribution in [0.5, 0.6) is 11.6 Å². The molecule has 4 aromatic rings. The third-order valence-electron chi connectivity index (χ3n) is 5.30. The highest BCUT2D eigenvalue weighted by Gasteiger charge is 2.20. The minimum atomic E-state index is -0.262. The van der Waals surface area contributed by atoms with E-state index < -0.39 is 0 Å². The molecule has 0 amide bonds. The summed E-state index contributed by atoms with van der Waals surface area (Å²) in [5, 5.41) is 3.73. The standard InChI is InChI=1S/C22H19ClFN5O2/c1-12-11-29-21(28-12)16(14-8-25-20(30-2)7-17(14)23)10-27-22(29)26-9-15-13-5-6-31-19(13)4-3-18(15)24/h3-4,7-8,10-11H,5-6,9H2,1-2H3,(H,26,27). The van der Waals surface area contributed by atoms with Gasteiger partial charge >= 0.3 is 0 Å². The topological polar surface area (TPSA) is 73.6 Å². The maximum Gasteiger partial charge on any atom is 0.214 e. The number of nitrogens with one attached hydrogen (secondary N) is 1. The van der Waals surface area contributed by atoms with Gasteiger partial charge in [-0.15, -0.1) is 0 Å². The van der Waals surface area contributed by atoms with Gasteiger partial charge in [0.05, 0.1) is 24.4 Å². The van der Waals surface area contributed by atoms with Crippen molar-refractivity contribution in [3.8, 4) is 22.8 Å². The van der Waals surface area contributed by atoms with Crippen LogP contribution in [-0.2, 0) is 13.0 Å². The lowest BCUT2D eigenvalue weighted by Crippen LogP contribution is -2.09. The molecule has 1 aliphatic heterocycles. The fourth-order valence-electron chi connectivity index (χ4n) is 3.81. The van der Waals surface area contributed by atoms with E-state index in [2.05, 4.69) is 20.3 Å². The zero-order chi connectivity index (χ0) is 21.5. The summed E-state index contributed by atoms with van der Waals surface area (Å²) in [4.78, 5) is 13.4. The number of ether oxygens (including phenoxy) is 2. The lowest BCUT2D eigenvalue weighted by molar-refractivity contribution is 0.356. The summed E-state index contributed by atoms with van der Waals surface area (Å²) >= 11 is 6.45. The fourth-order valence-corrected chi connectivity index (χ4v) is 4.06. The lowest BCUT2D eigenvalue weighted by atomic mass is 10.0. The molecule has 0 saturated carbocycles. The molecule has 0 spiro atoms. The van der Waals surface area contributed by atoms with Crippen LogP contribution < -0.4 is 14.8 Å². The molecule has 31 heavy (non-hydrogen) atoms. The van der Waals surface area contributed by atoms with Crippen molar-refractivity contribution < 1.29 is 13.9 Å². The van der Waals surface area contributed by atoms with Crippen LogP contribution in [0.2, 0.25) is 5.02 Å². The van der Waals surface area contributed by atoms with E-state index in [-0.39, 0.29) is 12.4 Å². The van der Waals surface area contributed by atoms with E-state index in [9.17, 15) is 4.39 Å². The van der Waals surface area contributed by atoms with E-state index in [1.54, 1.807) is 24.5 Å². The van der Waals surface area contributed by atoms with Gasteiger partial charge in [0, 0.05) is 59.9 Å². The predicted molar refractivity (Wildman–Crippen MR) is 115 cm³/mol. The Morgan fingerprint density at radius 3 is 2.90 bits per heavy atom. The van der Waals surface area contributed by atoms with Crippen molar-refractivity contribution >= 4 is 23.2 Å². The van der Waals surface area contributed by atoms with Gasteiger partial charge in [0.25, 0.3) is 0 Å². The van der Waals surface area contributed by atoms with Crippen LogP contribution in [-0.4, -0.2) is 33.1 Å². The van der Waals surface area contributed by atoms with Gasteiger partial charge in [-0.1, -0.05) is 11.6 Å². The summed E-state index contributed by atoms with van der Waals surface area (Å²) in [6.45, 7) is 2.75. The Kier molecular flexibility index (Phi) is 4.86. The van der Waals surface area contributed by atoms with E-state index in [0.717, 1.165) is 22.6 Å². The van der Waals surface area contributed by atoms with Crippen molar-refractivity contribution in [1.29, 1.82) is 0 Å². The molecule has 7 nitrogen and oxygen atoms in total. The van der Waals surface area contributed by atoms with Crippen molar-refractivity contribution in [1.82, 2.24) is 19.4 Å². The number of hydrogen-bond donors (Lipinski definition) is 1. The Balaban J connectivity index is 1.52. The number of aryl methyl sites for hydroxylation is 1. The molecule has 0 unspecified atom stereocenters. The number of pyridine rings is 1. The summed E-state index contributed by atoms with van der Waals surface area (Å²) in [5.41, 5.74) is 4.41. The zero-order valence-electron chi connectivity index (χ0n) is 16.9. The minimum Gasteiger partial charge on any atom is -0.493 e. The number of benzene rings is 1. The van der Waals surface area contributed by atoms with E-state index in [4.69, 9.17) is 21.1 Å². The number of hydrogen-bond acceptors (Lipinski definition) is 6. The second-order valence-corrected chi connectivity index (χ2v) is 7.64. The monoisotopic (exact) mass is 439 g/mol. The zero-order valence-corrected chi connectivity index (χ0v) is 17.7. The highest BCUT2D eigenvalue weighted by molar-refractivity contribution is 6.33. The molecular formula is C22H19ClFN5O2. The number of imidazole rings is 1. The number of methoxy groups -OCH3 is 1. The predicted octanol–water partition coefficient (Wildman–Crippen LogP) is 4.45. The molecule has 0 bridgehead atoms. The highest BCUT2D eigenvalue weighted by Crippen LogP contribution is 2.33. The van der Waals surface area contributed by atoms with Gasteiger partial charge in [-0.05, 0) is 19.1 Å². The number of halogens is 2. The highest BCUT2D eigenvalue weighted by atomic mass is 35.5. The number of anilines is 1. The molecule has 1 aliphatic rings. The SMILES string of the molecule is COc1cc(Cl)c(-c2cnc(NCc3c(F)ccc4c3CCO4)n3cc(C)nc23)cn1. The van der Waals surface area contributed by atoms with Gasteiger partial charge in [0.1, 0.15) is 17.2 Å². The summed E-state index contributed by atoms with van der Waals surface area (Å²) in [7, 11) is 1.54. The largest absolute Gasteiger partial charge is 0.493 e. The maximum absolute atomic E-state index is 14.5. The van der Waals surface area contributed by atoms with Crippen LogP contribution in [0.3, 0.4) is 0 Å². The van der Waals surface area contributed by atoms with Gasteiger partial charge in [-0.25, -0.2) is 19.3 Å². The van der Waals surface area contributed by atoms with E-state index in [1.165, 1.54) is 13.2 Å². The van der Waals surface area contributed by atoms with Gasteiger partial charge < -0.3 is 14.8 Å². The summed E-state index contributed by atoms with van der Waals surface area (Å²) in [6, 6.07) is 4.77. The minimum absolute atomic E-state index is 0.262. The third kappa shape index (κ3) is 3.42. The molecule has 9 heteroatoms. The van der Waals surface area contributed by atoms with Crippen molar-refractivity contribution in [2.45, 2.75) is 19.9 Å². The molecule has 0 atom stereocenters. The molecular weight excluding hydrogens is 421 g/mol. The van der Waals surface area contributed by atoms with Gasteiger partial charge in [-0.3, -0.25) is 4.40 Å². The van der Waals surface area contributed by atoms with Crippen LogP contribution in [0.1, 0.15) is 16.8 Å². The number of rotatable bonds is 5. The van der Waals surface area contributed by atoms with Crippen LogP contribution in [0, 0.1) is 12.7 Å². The van der Waals surface area contributed by atoms with Crippen LogP contribution in [0.4, 0.5) is 10.3 Å². The van der Waals surface area contributed by atoms with Crippen molar-refractivity contribution in [3.05, 3.63) is 64.5 Å². The molecule has 1 N–H and O–H groups in total. The van der Waals surface area contributed by atoms with Gasteiger partial charge in [0.2, 0.25) is 11.8 Å². The smallest absolute Gasteiger partial charge is 0.214 e. The van der Waals surface area contributed by atoms with Crippen molar-refractivity contribution in [3.63, 3.8) is 0 Å². The average Bonchev–Trinajstić information content (AvgIpc) is 3.39. The van der Waals surface area contributed by atoms with Crippen LogP contribution in [0.15, 0.2) is 36.8 Å². The first-order valence-corrected chi connectivity index (χ1v) is 10.1. The molecule has 4 heterocycles. The summed E-state index contributed by atoms with van der Waals surface area (Å²) in [6.07, 6.45) is 5.89. The van der Waals surface area contributed by atoms with Crippen LogP contribution >= 0.6 is 11.6 Å². The normalized spacial score (nSPS) is 12.6. The Labute approximate surface area is 182 Å². The lowest BCUT2D eigenvalue weighted by Gasteiger charge is -2.13. The first kappa shape index (κ1) is 19.6. The Bertz CT molecular complexity index is 1310. The van der Waals surface area contributed by atoms with Gasteiger partial charge in [0.15, 0.2) is 0 Å². The van der Waals surface area contributed by atoms with E-state index in [1.807, 2.05) is 17.5 Å². The first-order chi connectivity index (χ1) is 15.0. The second-order valence-electron chi connectivity index (χ2n) is 7.23. The molecule has 0 radical (unpaired) electrons. The molecule has 0 aliphatic carbocycles. The molecule has 0 saturated heterocycles. The first-order valence-electron chi connectivity index (χ1n) is 9.76. The molecule has 0 fully saturated rings. The number of nitrogens with zero attached hydrogens (tertiary/aromatic N) is 4. The Morgan fingerprint density at radius 2 is 2.10 bits per heavy atom. The molecule has 158 valence electrons. The molecule has 5 rings (SSSR count). The van der Waals surface area contributed by atoms with Crippen molar-refractivity contribution in [2.24, 2.45) is 0 Å². The van der Waals surface area contributed by atoms with E-state index >= 15 is 0 Å². The quantitative estimate of drug-likeness (QED) is 0.495. The molecule has 3 aromatic heterocycles. The summed E-state index contributed by atoms with van der Waals surface area (Å²) < 4.78 is 27.0. The fraction of sp³-hybridized carbons (Fsp3) is 0.227. The average molecular weight is 440 g/mol. The van der Waals surface area contributed by atoms with Gasteiger partial charge in [-0.2, -0.15) is 0 Å². The molecule has 1 aromatic carbocycles. The number of aromatic nitrogens is 4. The summed E-state index contributed by atoms with van der Waals surface area (Å²) in [5.74, 6) is 1.46. The van der Waals surface area contributed by atoms with E-state index in [0.29, 0.717) is 46.7 Å². The number of fused-ring (bicyclic) bond motifs is 2.